The Bertz CT molecular complexity index is 564. The van der Waals surface area contributed by atoms with Crippen LogP contribution in [-0.2, 0) is 9.53 Å². The first-order valence-electron chi connectivity index (χ1n) is 5.72. The molecule has 20 heavy (non-hydrogen) atoms. The maximum atomic E-state index is 11.7. The number of nitriles is 1. The van der Waals surface area contributed by atoms with E-state index in [1.807, 2.05) is 0 Å². The van der Waals surface area contributed by atoms with Crippen LogP contribution in [0.4, 0.5) is 0 Å². The number of carbonyl (C=O) groups excluding carboxylic acids is 2. The van der Waals surface area contributed by atoms with E-state index in [2.05, 4.69) is 28.2 Å². The summed E-state index contributed by atoms with van der Waals surface area (Å²) in [6, 6.07) is 10.1. The number of hydrazine groups is 1. The average molecular weight is 291 g/mol. The molecule has 0 aromatic heterocycles. The Morgan fingerprint density at radius 3 is 2.50 bits per heavy atom. The lowest BCUT2D eigenvalue weighted by Gasteiger charge is -2.09. The number of ether oxygens (including phenoxy) is 1. The molecule has 6 nitrogen and oxygen atoms in total. The molecule has 0 spiro atoms. The average Bonchev–Trinajstić information content (AvgIpc) is 2.46. The summed E-state index contributed by atoms with van der Waals surface area (Å²) >= 11 is 3.95. The standard InChI is InChI=1S/C13H13N3O3S/c1-2-19-13(18)10(8-14)12(20)16-15-11(17)9-6-4-3-5-7-9/h3-7,16,20H,2H2,1H3,(H,15,17)/b12-10+. The van der Waals surface area contributed by atoms with Gasteiger partial charge < -0.3 is 4.74 Å². The van der Waals surface area contributed by atoms with Crippen LogP contribution in [0.2, 0.25) is 0 Å². The summed E-state index contributed by atoms with van der Waals surface area (Å²) in [7, 11) is 0. The molecule has 0 bridgehead atoms. The van der Waals surface area contributed by atoms with E-state index < -0.39 is 11.9 Å². The second-order valence-electron chi connectivity index (χ2n) is 3.50. The molecule has 0 atom stereocenters. The van der Waals surface area contributed by atoms with Gasteiger partial charge in [-0.05, 0) is 19.1 Å². The molecule has 7 heteroatoms. The van der Waals surface area contributed by atoms with Crippen LogP contribution in [-0.4, -0.2) is 18.5 Å². The lowest BCUT2D eigenvalue weighted by atomic mass is 10.2. The van der Waals surface area contributed by atoms with Crippen molar-refractivity contribution >= 4 is 24.5 Å². The van der Waals surface area contributed by atoms with E-state index in [-0.39, 0.29) is 17.2 Å². The Morgan fingerprint density at radius 2 is 1.95 bits per heavy atom. The van der Waals surface area contributed by atoms with Crippen LogP contribution in [0.25, 0.3) is 0 Å². The Labute approximate surface area is 121 Å². The number of hydrogen-bond acceptors (Lipinski definition) is 6. The zero-order valence-electron chi connectivity index (χ0n) is 10.7. The lowest BCUT2D eigenvalue weighted by molar-refractivity contribution is -0.138. The Morgan fingerprint density at radius 1 is 1.30 bits per heavy atom. The molecule has 0 aliphatic heterocycles. The summed E-state index contributed by atoms with van der Waals surface area (Å²) in [6.07, 6.45) is 0. The summed E-state index contributed by atoms with van der Waals surface area (Å²) in [5, 5.41) is 8.78. The van der Waals surface area contributed by atoms with E-state index in [4.69, 9.17) is 5.26 Å². The predicted octanol–water partition coefficient (Wildman–Crippen LogP) is 1.15. The number of thiol groups is 1. The fourth-order valence-electron chi connectivity index (χ4n) is 1.24. The second-order valence-corrected chi connectivity index (χ2v) is 3.95. The minimum Gasteiger partial charge on any atom is -0.462 e. The normalized spacial score (nSPS) is 10.8. The maximum absolute atomic E-state index is 11.7. The molecule has 2 N–H and O–H groups in total. The highest BCUT2D eigenvalue weighted by atomic mass is 32.1. The van der Waals surface area contributed by atoms with Crippen molar-refractivity contribution in [2.24, 2.45) is 0 Å². The maximum Gasteiger partial charge on any atom is 0.351 e. The zero-order chi connectivity index (χ0) is 15.0. The van der Waals surface area contributed by atoms with Crippen molar-refractivity contribution in [1.29, 1.82) is 5.26 Å². The summed E-state index contributed by atoms with van der Waals surface area (Å²) < 4.78 is 4.69. The number of amides is 1. The van der Waals surface area contributed by atoms with Gasteiger partial charge in [-0.15, -0.1) is 12.6 Å². The first-order chi connectivity index (χ1) is 9.60. The van der Waals surface area contributed by atoms with E-state index in [1.165, 1.54) is 0 Å². The van der Waals surface area contributed by atoms with Crippen molar-refractivity contribution in [2.75, 3.05) is 6.61 Å². The summed E-state index contributed by atoms with van der Waals surface area (Å²) in [6.45, 7) is 1.76. The molecular formula is C13H13N3O3S. The van der Waals surface area contributed by atoms with Gasteiger partial charge in [0.05, 0.1) is 6.61 Å². The molecule has 0 heterocycles. The minimum absolute atomic E-state index is 0.0877. The van der Waals surface area contributed by atoms with Crippen LogP contribution in [0.3, 0.4) is 0 Å². The molecule has 1 amide bonds. The van der Waals surface area contributed by atoms with Gasteiger partial charge >= 0.3 is 5.97 Å². The lowest BCUT2D eigenvalue weighted by Crippen LogP contribution is -2.36. The monoisotopic (exact) mass is 291 g/mol. The van der Waals surface area contributed by atoms with Crippen molar-refractivity contribution in [2.45, 2.75) is 6.92 Å². The van der Waals surface area contributed by atoms with Crippen molar-refractivity contribution < 1.29 is 14.3 Å². The van der Waals surface area contributed by atoms with Gasteiger partial charge in [0.1, 0.15) is 11.1 Å². The Balaban J connectivity index is 2.70. The highest BCUT2D eigenvalue weighted by Gasteiger charge is 2.15. The number of nitrogens with zero attached hydrogens (tertiary/aromatic N) is 1. The van der Waals surface area contributed by atoms with Gasteiger partial charge in [0.15, 0.2) is 5.57 Å². The fourth-order valence-corrected chi connectivity index (χ4v) is 1.44. The Kier molecular flexibility index (Phi) is 6.13. The number of esters is 1. The molecule has 0 aliphatic rings. The molecule has 0 aliphatic carbocycles. The van der Waals surface area contributed by atoms with Gasteiger partial charge in [-0.2, -0.15) is 5.26 Å². The predicted molar refractivity (Wildman–Crippen MR) is 75.3 cm³/mol. The van der Waals surface area contributed by atoms with Gasteiger partial charge in [0.2, 0.25) is 0 Å². The molecule has 0 unspecified atom stereocenters. The third-order valence-electron chi connectivity index (χ3n) is 2.16. The van der Waals surface area contributed by atoms with E-state index in [9.17, 15) is 9.59 Å². The highest BCUT2D eigenvalue weighted by Crippen LogP contribution is 2.06. The van der Waals surface area contributed by atoms with Gasteiger partial charge in [0.25, 0.3) is 5.91 Å². The third-order valence-corrected chi connectivity index (χ3v) is 2.49. The molecule has 0 saturated carbocycles. The largest absolute Gasteiger partial charge is 0.462 e. The molecule has 0 fully saturated rings. The first-order valence-corrected chi connectivity index (χ1v) is 6.16. The van der Waals surface area contributed by atoms with Crippen molar-refractivity contribution in [3.8, 4) is 6.07 Å². The third kappa shape index (κ3) is 4.33. The van der Waals surface area contributed by atoms with E-state index in [0.717, 1.165) is 0 Å². The van der Waals surface area contributed by atoms with Crippen LogP contribution in [0.5, 0.6) is 0 Å². The quantitative estimate of drug-likeness (QED) is 0.249. The molecule has 1 aromatic carbocycles. The topological polar surface area (TPSA) is 91.2 Å². The molecular weight excluding hydrogens is 278 g/mol. The number of hydrogen-bond donors (Lipinski definition) is 3. The number of nitrogens with one attached hydrogen (secondary N) is 2. The van der Waals surface area contributed by atoms with Crippen LogP contribution >= 0.6 is 12.6 Å². The van der Waals surface area contributed by atoms with Crippen molar-refractivity contribution in [3.63, 3.8) is 0 Å². The van der Waals surface area contributed by atoms with Crippen LogP contribution in [0, 0.1) is 11.3 Å². The number of carbonyl (C=O) groups is 2. The molecule has 1 rings (SSSR count). The Hall–Kier alpha value is -2.46. The molecule has 0 radical (unpaired) electrons. The van der Waals surface area contributed by atoms with E-state index in [0.29, 0.717) is 5.56 Å². The van der Waals surface area contributed by atoms with Crippen molar-refractivity contribution in [3.05, 3.63) is 46.5 Å². The van der Waals surface area contributed by atoms with E-state index in [1.54, 1.807) is 43.3 Å². The van der Waals surface area contributed by atoms with Crippen molar-refractivity contribution in [1.82, 2.24) is 10.9 Å². The van der Waals surface area contributed by atoms with Crippen LogP contribution in [0.1, 0.15) is 17.3 Å². The summed E-state index contributed by atoms with van der Waals surface area (Å²) in [5.41, 5.74) is 4.83. The molecule has 0 saturated heterocycles. The van der Waals surface area contributed by atoms with Gasteiger partial charge in [0, 0.05) is 5.56 Å². The van der Waals surface area contributed by atoms with Gasteiger partial charge in [-0.1, -0.05) is 18.2 Å². The van der Waals surface area contributed by atoms with E-state index >= 15 is 0 Å². The van der Waals surface area contributed by atoms with Crippen LogP contribution in [0.15, 0.2) is 40.9 Å². The summed E-state index contributed by atoms with van der Waals surface area (Å²) in [4.78, 5) is 23.2. The smallest absolute Gasteiger partial charge is 0.351 e. The first kappa shape index (κ1) is 15.6. The minimum atomic E-state index is -0.804. The molecule has 1 aromatic rings. The SMILES string of the molecule is CCOC(=O)/C(C#N)=C(/S)NNC(=O)c1ccccc1. The number of rotatable bonds is 5. The van der Waals surface area contributed by atoms with Gasteiger partial charge in [-0.25, -0.2) is 4.79 Å². The van der Waals surface area contributed by atoms with Crippen LogP contribution < -0.4 is 10.9 Å². The number of benzene rings is 1. The fraction of sp³-hybridized carbons (Fsp3) is 0.154. The molecule has 104 valence electrons. The summed E-state index contributed by atoms with van der Waals surface area (Å²) in [5.74, 6) is -1.22. The highest BCUT2D eigenvalue weighted by molar-refractivity contribution is 7.84. The second kappa shape index (κ2) is 7.86. The van der Waals surface area contributed by atoms with Gasteiger partial charge in [-0.3, -0.25) is 15.6 Å². The zero-order valence-corrected chi connectivity index (χ0v) is 11.6.